The van der Waals surface area contributed by atoms with Crippen molar-refractivity contribution in [3.63, 3.8) is 0 Å². The van der Waals surface area contributed by atoms with E-state index in [4.69, 9.17) is 9.47 Å². The fourth-order valence-corrected chi connectivity index (χ4v) is 2.20. The van der Waals surface area contributed by atoms with E-state index in [0.717, 1.165) is 24.3 Å². The Morgan fingerprint density at radius 3 is 2.41 bits per heavy atom. The summed E-state index contributed by atoms with van der Waals surface area (Å²) < 4.78 is 10.5. The van der Waals surface area contributed by atoms with Crippen molar-refractivity contribution in [3.05, 3.63) is 29.8 Å². The zero-order valence-electron chi connectivity index (χ0n) is 16.9. The number of benzene rings is 1. The lowest BCUT2D eigenvalue weighted by Gasteiger charge is -2.19. The van der Waals surface area contributed by atoms with Crippen LogP contribution in [0.5, 0.6) is 5.75 Å². The van der Waals surface area contributed by atoms with Gasteiger partial charge in [0.15, 0.2) is 5.96 Å². The van der Waals surface area contributed by atoms with Crippen molar-refractivity contribution in [2.24, 2.45) is 4.99 Å². The van der Waals surface area contributed by atoms with Gasteiger partial charge in [0.25, 0.3) is 0 Å². The second kappa shape index (κ2) is 13.5. The van der Waals surface area contributed by atoms with Gasteiger partial charge in [-0.1, -0.05) is 18.2 Å². The maximum absolute atomic E-state index is 11.6. The first-order chi connectivity index (χ1) is 12.4. The van der Waals surface area contributed by atoms with Crippen molar-refractivity contribution in [1.29, 1.82) is 0 Å². The number of nitrogens with zero attached hydrogens (tertiary/aromatic N) is 1. The molecule has 1 aromatic carbocycles. The molecule has 1 rings (SSSR count). The van der Waals surface area contributed by atoms with E-state index in [-0.39, 0.29) is 24.0 Å². The molecule has 0 bridgehead atoms. The highest BCUT2D eigenvalue weighted by Gasteiger charge is 2.15. The fraction of sp³-hybridized carbons (Fsp3) is 0.579. The van der Waals surface area contributed by atoms with E-state index in [1.165, 1.54) is 0 Å². The van der Waals surface area contributed by atoms with Crippen LogP contribution in [0.1, 0.15) is 33.3 Å². The van der Waals surface area contributed by atoms with Crippen molar-refractivity contribution >= 4 is 36.0 Å². The van der Waals surface area contributed by atoms with E-state index in [2.05, 4.69) is 20.9 Å². The summed E-state index contributed by atoms with van der Waals surface area (Å²) >= 11 is 0. The van der Waals surface area contributed by atoms with E-state index in [1.54, 1.807) is 7.11 Å². The Morgan fingerprint density at radius 2 is 1.78 bits per heavy atom. The summed E-state index contributed by atoms with van der Waals surface area (Å²) in [5.41, 5.74) is 0.632. The molecule has 0 aliphatic rings. The number of nitrogens with one attached hydrogen (secondary N) is 3. The predicted molar refractivity (Wildman–Crippen MR) is 120 cm³/mol. The van der Waals surface area contributed by atoms with Gasteiger partial charge in [0, 0.05) is 26.2 Å². The van der Waals surface area contributed by atoms with Gasteiger partial charge in [-0.25, -0.2) is 4.79 Å². The number of rotatable bonds is 8. The van der Waals surface area contributed by atoms with Gasteiger partial charge in [-0.15, -0.1) is 24.0 Å². The molecule has 0 aliphatic carbocycles. The van der Waals surface area contributed by atoms with Crippen LogP contribution in [-0.2, 0) is 11.2 Å². The topological polar surface area (TPSA) is 84.0 Å². The summed E-state index contributed by atoms with van der Waals surface area (Å²) in [6, 6.07) is 7.94. The number of carbonyl (C=O) groups excluding carboxylic acids is 1. The Kier molecular flexibility index (Phi) is 12.6. The number of carbonyl (C=O) groups is 1. The third-order valence-electron chi connectivity index (χ3n) is 3.27. The van der Waals surface area contributed by atoms with Gasteiger partial charge < -0.3 is 25.4 Å². The highest BCUT2D eigenvalue weighted by Crippen LogP contribution is 2.17. The number of alkyl carbamates (subject to hydrolysis) is 1. The molecule has 0 atom stereocenters. The summed E-state index contributed by atoms with van der Waals surface area (Å²) in [6.07, 6.45) is 0.369. The molecular formula is C19H33IN4O3. The van der Waals surface area contributed by atoms with Crippen LogP contribution in [0.15, 0.2) is 29.3 Å². The van der Waals surface area contributed by atoms with Gasteiger partial charge in [0.2, 0.25) is 0 Å². The second-order valence-electron chi connectivity index (χ2n) is 6.68. The largest absolute Gasteiger partial charge is 0.496 e. The van der Waals surface area contributed by atoms with Crippen LogP contribution in [0.4, 0.5) is 4.79 Å². The Hall–Kier alpha value is -1.71. The molecule has 0 saturated carbocycles. The van der Waals surface area contributed by atoms with Crippen LogP contribution in [-0.4, -0.2) is 50.9 Å². The van der Waals surface area contributed by atoms with Crippen molar-refractivity contribution in [3.8, 4) is 5.75 Å². The van der Waals surface area contributed by atoms with Gasteiger partial charge in [0.05, 0.1) is 7.11 Å². The zero-order valence-corrected chi connectivity index (χ0v) is 19.3. The maximum Gasteiger partial charge on any atom is 0.407 e. The Labute approximate surface area is 179 Å². The summed E-state index contributed by atoms with van der Waals surface area (Å²) in [4.78, 5) is 16.2. The summed E-state index contributed by atoms with van der Waals surface area (Å²) in [7, 11) is 1.67. The smallest absolute Gasteiger partial charge is 0.407 e. The fourth-order valence-electron chi connectivity index (χ4n) is 2.20. The number of aliphatic imine (C=N–C) groups is 1. The molecule has 3 N–H and O–H groups in total. The van der Waals surface area contributed by atoms with Crippen LogP contribution in [0.25, 0.3) is 0 Å². The summed E-state index contributed by atoms with van der Waals surface area (Å²) in [6.45, 7) is 9.92. The van der Waals surface area contributed by atoms with Crippen LogP contribution in [0.3, 0.4) is 0 Å². The Bertz CT molecular complexity index is 589. The molecule has 0 unspecified atom stereocenters. The molecule has 0 saturated heterocycles. The first kappa shape index (κ1) is 25.3. The molecule has 0 aromatic heterocycles. The minimum Gasteiger partial charge on any atom is -0.496 e. The standard InChI is InChI=1S/C19H32N4O3.HI/c1-6-20-17(22-13-14-23-18(24)26-19(2,3)4)21-12-11-15-9-7-8-10-16(15)25-5;/h7-10H,6,11-14H2,1-5H3,(H,23,24)(H2,20,21,22);1H. The second-order valence-corrected chi connectivity index (χ2v) is 6.68. The maximum atomic E-state index is 11.6. The predicted octanol–water partition coefficient (Wildman–Crippen LogP) is 2.94. The van der Waals surface area contributed by atoms with Crippen LogP contribution in [0, 0.1) is 0 Å². The molecular weight excluding hydrogens is 459 g/mol. The van der Waals surface area contributed by atoms with E-state index in [9.17, 15) is 4.79 Å². The minimum absolute atomic E-state index is 0. The number of amides is 1. The first-order valence-corrected chi connectivity index (χ1v) is 8.96. The minimum atomic E-state index is -0.494. The molecule has 1 amide bonds. The quantitative estimate of drug-likeness (QED) is 0.225. The summed E-state index contributed by atoms with van der Waals surface area (Å²) in [5.74, 6) is 1.59. The number of hydrogen-bond acceptors (Lipinski definition) is 4. The van der Waals surface area contributed by atoms with Crippen LogP contribution < -0.4 is 20.7 Å². The molecule has 7 nitrogen and oxygen atoms in total. The zero-order chi connectivity index (χ0) is 19.4. The lowest BCUT2D eigenvalue weighted by Crippen LogP contribution is -2.42. The molecule has 1 aromatic rings. The lowest BCUT2D eigenvalue weighted by molar-refractivity contribution is 0.0529. The SMILES string of the molecule is CCNC(=NCCc1ccccc1OC)NCCNC(=O)OC(C)(C)C.I. The van der Waals surface area contributed by atoms with Gasteiger partial charge in [-0.05, 0) is 45.7 Å². The normalized spacial score (nSPS) is 11.2. The molecule has 0 heterocycles. The highest BCUT2D eigenvalue weighted by atomic mass is 127. The highest BCUT2D eigenvalue weighted by molar-refractivity contribution is 14.0. The average Bonchev–Trinajstić information content (AvgIpc) is 2.57. The van der Waals surface area contributed by atoms with Gasteiger partial charge in [-0.2, -0.15) is 0 Å². The lowest BCUT2D eigenvalue weighted by atomic mass is 10.1. The number of guanidine groups is 1. The number of ether oxygens (including phenoxy) is 2. The third-order valence-corrected chi connectivity index (χ3v) is 3.27. The van der Waals surface area contributed by atoms with Crippen molar-refractivity contribution in [2.45, 2.75) is 39.7 Å². The van der Waals surface area contributed by atoms with Gasteiger partial charge in [0.1, 0.15) is 11.4 Å². The molecule has 0 fully saturated rings. The number of methoxy groups -OCH3 is 1. The van der Waals surface area contributed by atoms with E-state index >= 15 is 0 Å². The Balaban J connectivity index is 0.00000676. The number of para-hydroxylation sites is 1. The van der Waals surface area contributed by atoms with E-state index < -0.39 is 11.7 Å². The first-order valence-electron chi connectivity index (χ1n) is 8.96. The molecule has 154 valence electrons. The van der Waals surface area contributed by atoms with Crippen molar-refractivity contribution < 1.29 is 14.3 Å². The van der Waals surface area contributed by atoms with E-state index in [0.29, 0.717) is 25.6 Å². The van der Waals surface area contributed by atoms with E-state index in [1.807, 2.05) is 52.0 Å². The molecule has 8 heteroatoms. The molecule has 0 spiro atoms. The third kappa shape index (κ3) is 11.6. The summed E-state index contributed by atoms with van der Waals surface area (Å²) in [5, 5.41) is 9.09. The monoisotopic (exact) mass is 492 g/mol. The molecule has 0 aliphatic heterocycles. The number of hydrogen-bond donors (Lipinski definition) is 3. The number of halogens is 1. The van der Waals surface area contributed by atoms with Crippen LogP contribution >= 0.6 is 24.0 Å². The van der Waals surface area contributed by atoms with Gasteiger partial charge >= 0.3 is 6.09 Å². The average molecular weight is 492 g/mol. The molecule has 27 heavy (non-hydrogen) atoms. The van der Waals surface area contributed by atoms with Crippen LogP contribution in [0.2, 0.25) is 0 Å². The Morgan fingerprint density at radius 1 is 1.11 bits per heavy atom. The van der Waals surface area contributed by atoms with Crippen molar-refractivity contribution in [1.82, 2.24) is 16.0 Å². The molecule has 0 radical (unpaired) electrons. The van der Waals surface area contributed by atoms with Gasteiger partial charge in [-0.3, -0.25) is 4.99 Å². The van der Waals surface area contributed by atoms with Crippen molar-refractivity contribution in [2.75, 3.05) is 33.3 Å².